The molecule has 0 aliphatic rings. The van der Waals surface area contributed by atoms with Crippen LogP contribution in [-0.2, 0) is 4.57 Å². The van der Waals surface area contributed by atoms with E-state index in [2.05, 4.69) is 62.0 Å². The van der Waals surface area contributed by atoms with Gasteiger partial charge in [-0.15, -0.1) is 0 Å². The molecule has 0 aromatic heterocycles. The summed E-state index contributed by atoms with van der Waals surface area (Å²) >= 11 is 0. The van der Waals surface area contributed by atoms with E-state index in [1.807, 2.05) is 0 Å². The molecule has 0 atom stereocenters. The Labute approximate surface area is 329 Å². The normalized spacial score (nSPS) is 11.9. The highest BCUT2D eigenvalue weighted by Gasteiger charge is 2.20. The SMILES string of the molecule is C=CP(=O)([O-])[O-].CCCCCCCCCCCCCCCC[N+](CC)(CC)CC.CCCCCCCCCCCCCCCC[N+](CC)(CC)CC. The van der Waals surface area contributed by atoms with Gasteiger partial charge in [0.25, 0.3) is 0 Å². The summed E-state index contributed by atoms with van der Waals surface area (Å²) in [5.41, 5.74) is 0. The Kier molecular flexibility index (Phi) is 45.3. The zero-order valence-electron chi connectivity index (χ0n) is 37.3. The third-order valence-corrected chi connectivity index (χ3v) is 12.7. The van der Waals surface area contributed by atoms with Crippen LogP contribution in [0.1, 0.15) is 235 Å². The molecule has 0 saturated carbocycles. The van der Waals surface area contributed by atoms with Crippen LogP contribution < -0.4 is 9.79 Å². The van der Waals surface area contributed by atoms with E-state index in [0.717, 1.165) is 0 Å². The quantitative estimate of drug-likeness (QED) is 0.0360. The maximum absolute atomic E-state index is 9.35. The van der Waals surface area contributed by atoms with Gasteiger partial charge in [-0.1, -0.05) is 180 Å². The predicted octanol–water partition coefficient (Wildman–Crippen LogP) is 13.7. The van der Waals surface area contributed by atoms with Crippen LogP contribution in [-0.4, -0.2) is 61.3 Å². The fourth-order valence-corrected chi connectivity index (χ4v) is 7.57. The van der Waals surface area contributed by atoms with Crippen molar-refractivity contribution in [2.45, 2.75) is 235 Å². The topological polar surface area (TPSA) is 63.2 Å². The van der Waals surface area contributed by atoms with E-state index < -0.39 is 7.60 Å². The Morgan fingerprint density at radius 1 is 0.365 bits per heavy atom. The minimum absolute atomic E-state index is 0.382. The first-order chi connectivity index (χ1) is 25.0. The van der Waals surface area contributed by atoms with E-state index in [1.54, 1.807) is 0 Å². The van der Waals surface area contributed by atoms with E-state index in [9.17, 15) is 14.4 Å². The third kappa shape index (κ3) is 39.5. The summed E-state index contributed by atoms with van der Waals surface area (Å²) < 4.78 is 12.0. The van der Waals surface area contributed by atoms with Crippen LogP contribution in [0.3, 0.4) is 0 Å². The predicted molar refractivity (Wildman–Crippen MR) is 232 cm³/mol. The highest BCUT2D eigenvalue weighted by Crippen LogP contribution is 2.22. The second kappa shape index (κ2) is 42.0. The smallest absolute Gasteiger partial charge is 0.0786 e. The van der Waals surface area contributed by atoms with Crippen molar-refractivity contribution in [2.75, 3.05) is 52.4 Å². The first-order valence-electron chi connectivity index (χ1n) is 23.4. The van der Waals surface area contributed by atoms with Crippen LogP contribution in [0.5, 0.6) is 0 Å². The molecule has 0 aromatic carbocycles. The number of unbranched alkanes of at least 4 members (excludes halogenated alkanes) is 26. The standard InChI is InChI=1S/2C22H48N.C2H5O3P/c2*1-5-9-10-11-12-13-14-15-16-17-18-19-20-21-22-23(6-2,7-3)8-4;1-2-6(3,4)5/h2*5-22H2,1-4H3;2H,1H2,(H2,3,4,5)/q2*+1;/p-2. The minimum Gasteiger partial charge on any atom is -0.808 e. The molecule has 0 unspecified atom stereocenters. The van der Waals surface area contributed by atoms with Gasteiger partial charge >= 0.3 is 0 Å². The van der Waals surface area contributed by atoms with E-state index in [4.69, 9.17) is 0 Å². The summed E-state index contributed by atoms with van der Waals surface area (Å²) in [7, 11) is -4.38. The molecule has 0 rings (SSSR count). The summed E-state index contributed by atoms with van der Waals surface area (Å²) in [4.78, 5) is 18.7. The lowest BCUT2D eigenvalue weighted by atomic mass is 10.0. The number of nitrogens with zero attached hydrogens (tertiary/aromatic N) is 2. The molecule has 316 valence electrons. The molecule has 6 heteroatoms. The molecule has 0 heterocycles. The zero-order chi connectivity index (χ0) is 39.7. The van der Waals surface area contributed by atoms with Gasteiger partial charge < -0.3 is 23.3 Å². The van der Waals surface area contributed by atoms with Gasteiger partial charge in [0.2, 0.25) is 0 Å². The third-order valence-electron chi connectivity index (χ3n) is 12.2. The van der Waals surface area contributed by atoms with Crippen molar-refractivity contribution in [2.24, 2.45) is 0 Å². The van der Waals surface area contributed by atoms with Crippen LogP contribution in [0.25, 0.3) is 0 Å². The lowest BCUT2D eigenvalue weighted by Crippen LogP contribution is -2.48. The lowest BCUT2D eigenvalue weighted by Gasteiger charge is -2.35. The van der Waals surface area contributed by atoms with Crippen molar-refractivity contribution >= 4 is 7.60 Å². The molecule has 5 nitrogen and oxygen atoms in total. The fourth-order valence-electron chi connectivity index (χ4n) is 7.57. The van der Waals surface area contributed by atoms with Gasteiger partial charge in [-0.3, -0.25) is 0 Å². The summed E-state index contributed by atoms with van der Waals surface area (Å²) in [5.74, 6) is 0.382. The van der Waals surface area contributed by atoms with Crippen molar-refractivity contribution in [1.82, 2.24) is 0 Å². The summed E-state index contributed by atoms with van der Waals surface area (Å²) in [6.45, 7) is 32.2. The van der Waals surface area contributed by atoms with Crippen molar-refractivity contribution in [3.63, 3.8) is 0 Å². The molecule has 52 heavy (non-hydrogen) atoms. The number of hydrogen-bond donors (Lipinski definition) is 0. The molecule has 0 aliphatic heterocycles. The maximum Gasteiger partial charge on any atom is 0.0786 e. The Hall–Kier alpha value is -0.190. The molecule has 0 N–H and O–H groups in total. The first-order valence-corrected chi connectivity index (χ1v) is 25.0. The van der Waals surface area contributed by atoms with Gasteiger partial charge in [-0.25, -0.2) is 0 Å². The van der Waals surface area contributed by atoms with Gasteiger partial charge in [0.15, 0.2) is 0 Å². The van der Waals surface area contributed by atoms with Crippen LogP contribution >= 0.6 is 7.60 Å². The van der Waals surface area contributed by atoms with Crippen LogP contribution in [0.4, 0.5) is 0 Å². The van der Waals surface area contributed by atoms with Gasteiger partial charge in [-0.05, 0) is 74.8 Å². The van der Waals surface area contributed by atoms with Crippen molar-refractivity contribution < 1.29 is 23.3 Å². The summed E-state index contributed by atoms with van der Waals surface area (Å²) in [6.07, 6.45) is 40.9. The molecule has 0 saturated heterocycles. The molecular formula is C46H99N2O3P. The van der Waals surface area contributed by atoms with Crippen LogP contribution in [0.15, 0.2) is 12.4 Å². The maximum atomic E-state index is 9.35. The van der Waals surface area contributed by atoms with E-state index in [-0.39, 0.29) is 0 Å². The van der Waals surface area contributed by atoms with Crippen molar-refractivity contribution in [3.8, 4) is 0 Å². The Morgan fingerprint density at radius 2 is 0.519 bits per heavy atom. The number of hydrogen-bond acceptors (Lipinski definition) is 3. The van der Waals surface area contributed by atoms with Crippen LogP contribution in [0.2, 0.25) is 0 Å². The molecule has 0 aliphatic carbocycles. The Bertz CT molecular complexity index is 669. The highest BCUT2D eigenvalue weighted by atomic mass is 31.2. The first kappa shape index (κ1) is 56.1. The monoisotopic (exact) mass is 759 g/mol. The fraction of sp³-hybridized carbons (Fsp3) is 0.957. The van der Waals surface area contributed by atoms with Crippen molar-refractivity contribution in [1.29, 1.82) is 0 Å². The number of rotatable bonds is 37. The second-order valence-electron chi connectivity index (χ2n) is 15.9. The van der Waals surface area contributed by atoms with Gasteiger partial charge in [0, 0.05) is 0 Å². The molecule has 0 amide bonds. The van der Waals surface area contributed by atoms with E-state index >= 15 is 0 Å². The minimum atomic E-state index is -4.38. The molecule has 0 spiro atoms. The Morgan fingerprint density at radius 3 is 0.654 bits per heavy atom. The average Bonchev–Trinajstić information content (AvgIpc) is 3.16. The van der Waals surface area contributed by atoms with E-state index in [1.165, 1.54) is 241 Å². The molecule has 0 radical (unpaired) electrons. The Balaban J connectivity index is -0.000000797. The molecule has 0 fully saturated rings. The number of quaternary nitrogens is 2. The molecule has 0 aromatic rings. The average molecular weight is 759 g/mol. The highest BCUT2D eigenvalue weighted by molar-refractivity contribution is 7.52. The van der Waals surface area contributed by atoms with Crippen LogP contribution in [0, 0.1) is 0 Å². The summed E-state index contributed by atoms with van der Waals surface area (Å²) in [5, 5.41) is 0. The summed E-state index contributed by atoms with van der Waals surface area (Å²) in [6, 6.07) is 0. The second-order valence-corrected chi connectivity index (χ2v) is 17.4. The van der Waals surface area contributed by atoms with Gasteiger partial charge in [-0.2, -0.15) is 0 Å². The van der Waals surface area contributed by atoms with Gasteiger partial charge in [0.05, 0.1) is 52.4 Å². The van der Waals surface area contributed by atoms with Crippen molar-refractivity contribution in [3.05, 3.63) is 12.4 Å². The molecule has 0 bridgehead atoms. The largest absolute Gasteiger partial charge is 0.808 e. The zero-order valence-corrected chi connectivity index (χ0v) is 38.2. The molecular weight excluding hydrogens is 659 g/mol. The van der Waals surface area contributed by atoms with E-state index in [0.29, 0.717) is 5.82 Å². The van der Waals surface area contributed by atoms with Gasteiger partial charge in [0.1, 0.15) is 0 Å². The lowest BCUT2D eigenvalue weighted by molar-refractivity contribution is -0.923.